The third kappa shape index (κ3) is 2.88. The zero-order chi connectivity index (χ0) is 16.4. The van der Waals surface area contributed by atoms with Gasteiger partial charge in [-0.1, -0.05) is 11.8 Å². The number of amidine groups is 1. The van der Waals surface area contributed by atoms with Crippen LogP contribution in [0.4, 0.5) is 5.82 Å². The van der Waals surface area contributed by atoms with Crippen LogP contribution in [0.3, 0.4) is 0 Å². The number of nitrogens with zero attached hydrogens (tertiary/aromatic N) is 3. The van der Waals surface area contributed by atoms with E-state index in [9.17, 15) is 0 Å². The number of hydrogen-bond acceptors (Lipinski definition) is 7. The normalized spacial score (nSPS) is 10.7. The van der Waals surface area contributed by atoms with Crippen LogP contribution in [0.2, 0.25) is 0 Å². The Hall–Kier alpha value is -2.87. The number of nitrogen functional groups attached to an aromatic ring is 2. The summed E-state index contributed by atoms with van der Waals surface area (Å²) in [5, 5.41) is 8.29. The topological polar surface area (TPSA) is 128 Å². The van der Waals surface area contributed by atoms with Gasteiger partial charge in [-0.2, -0.15) is 0 Å². The lowest BCUT2D eigenvalue weighted by Crippen LogP contribution is -2.15. The van der Waals surface area contributed by atoms with Gasteiger partial charge in [0.25, 0.3) is 0 Å². The molecule has 0 bridgehead atoms. The summed E-state index contributed by atoms with van der Waals surface area (Å²) in [6.45, 7) is 0. The molecule has 3 rings (SSSR count). The van der Waals surface area contributed by atoms with Crippen molar-refractivity contribution in [2.45, 2.75) is 5.16 Å². The van der Waals surface area contributed by atoms with Gasteiger partial charge in [0.05, 0.1) is 17.5 Å². The molecule has 0 radical (unpaired) electrons. The van der Waals surface area contributed by atoms with Gasteiger partial charge in [0, 0.05) is 11.8 Å². The number of furan rings is 1. The van der Waals surface area contributed by atoms with Gasteiger partial charge in [-0.05, 0) is 30.5 Å². The summed E-state index contributed by atoms with van der Waals surface area (Å²) < 4.78 is 5.44. The molecule has 3 aromatic rings. The van der Waals surface area contributed by atoms with Crippen molar-refractivity contribution >= 4 is 23.4 Å². The monoisotopic (exact) mass is 326 g/mol. The minimum atomic E-state index is -0.151. The van der Waals surface area contributed by atoms with E-state index in [0.29, 0.717) is 33.4 Å². The molecule has 0 spiro atoms. The maximum Gasteiger partial charge on any atom is 0.187 e. The number of thioether (sulfide) groups is 1. The number of anilines is 1. The van der Waals surface area contributed by atoms with Gasteiger partial charge in [-0.3, -0.25) is 5.41 Å². The summed E-state index contributed by atoms with van der Waals surface area (Å²) in [6.07, 6.45) is 5.13. The third-order valence-corrected chi connectivity index (χ3v) is 3.75. The second-order valence-electron chi connectivity index (χ2n) is 4.64. The van der Waals surface area contributed by atoms with Crippen molar-refractivity contribution in [2.24, 2.45) is 5.73 Å². The van der Waals surface area contributed by atoms with Crippen LogP contribution in [0.5, 0.6) is 0 Å². The highest BCUT2D eigenvalue weighted by Crippen LogP contribution is 2.32. The van der Waals surface area contributed by atoms with Crippen LogP contribution >= 0.6 is 11.8 Å². The molecular weight excluding hydrogens is 312 g/mol. The van der Waals surface area contributed by atoms with Crippen LogP contribution in [0, 0.1) is 5.41 Å². The van der Waals surface area contributed by atoms with Crippen LogP contribution in [-0.2, 0) is 0 Å². The molecule has 0 amide bonds. The number of pyridine rings is 1. The minimum Gasteiger partial charge on any atom is -0.463 e. The first-order chi connectivity index (χ1) is 11.1. The lowest BCUT2D eigenvalue weighted by molar-refractivity contribution is 0.580. The molecule has 8 heteroatoms. The Morgan fingerprint density at radius 2 is 2.13 bits per heavy atom. The van der Waals surface area contributed by atoms with E-state index in [2.05, 4.69) is 15.0 Å². The number of nitrogens with one attached hydrogen (secondary N) is 1. The molecule has 5 N–H and O–H groups in total. The fraction of sp³-hybridized carbons (Fsp3) is 0.0667. The summed E-state index contributed by atoms with van der Waals surface area (Å²) in [6, 6.07) is 7.02. The number of nitrogens with two attached hydrogens (primary N) is 2. The first kappa shape index (κ1) is 15.0. The second-order valence-corrected chi connectivity index (χ2v) is 5.41. The highest BCUT2D eigenvalue weighted by Gasteiger charge is 2.18. The number of hydrogen-bond donors (Lipinski definition) is 3. The quantitative estimate of drug-likeness (QED) is 0.290. The van der Waals surface area contributed by atoms with Gasteiger partial charge in [0.1, 0.15) is 17.3 Å². The van der Waals surface area contributed by atoms with E-state index in [1.165, 1.54) is 11.8 Å². The maximum atomic E-state index is 7.66. The van der Waals surface area contributed by atoms with Gasteiger partial charge in [0.2, 0.25) is 0 Å². The average molecular weight is 326 g/mol. The third-order valence-electron chi connectivity index (χ3n) is 3.19. The van der Waals surface area contributed by atoms with Crippen LogP contribution in [0.15, 0.2) is 46.3 Å². The summed E-state index contributed by atoms with van der Waals surface area (Å²) in [5.74, 6) is 0.583. The largest absolute Gasteiger partial charge is 0.463 e. The second kappa shape index (κ2) is 6.09. The number of rotatable bonds is 4. The van der Waals surface area contributed by atoms with E-state index < -0.39 is 0 Å². The van der Waals surface area contributed by atoms with Gasteiger partial charge in [-0.15, -0.1) is 0 Å². The zero-order valence-corrected chi connectivity index (χ0v) is 13.1. The van der Waals surface area contributed by atoms with Crippen LogP contribution in [-0.4, -0.2) is 27.0 Å². The van der Waals surface area contributed by atoms with Gasteiger partial charge in [0.15, 0.2) is 10.9 Å². The average Bonchev–Trinajstić information content (AvgIpc) is 3.08. The molecular formula is C15H14N6OS. The SMILES string of the molecule is CSc1nccc(-c2cc(C(=N)N)c(N)nc2-c2ccco2)n1. The van der Waals surface area contributed by atoms with Crippen LogP contribution < -0.4 is 11.5 Å². The fourth-order valence-electron chi connectivity index (χ4n) is 2.13. The van der Waals surface area contributed by atoms with Crippen molar-refractivity contribution in [2.75, 3.05) is 12.0 Å². The first-order valence-electron chi connectivity index (χ1n) is 6.66. The molecule has 0 aliphatic carbocycles. The maximum absolute atomic E-state index is 7.66. The summed E-state index contributed by atoms with van der Waals surface area (Å²) in [4.78, 5) is 13.0. The Kier molecular flexibility index (Phi) is 3.98. The van der Waals surface area contributed by atoms with E-state index in [0.717, 1.165) is 0 Å². The Bertz CT molecular complexity index is 862. The highest BCUT2D eigenvalue weighted by atomic mass is 32.2. The van der Waals surface area contributed by atoms with Crippen LogP contribution in [0.25, 0.3) is 22.7 Å². The van der Waals surface area contributed by atoms with Crippen molar-refractivity contribution in [1.82, 2.24) is 15.0 Å². The Balaban J connectivity index is 2.27. The molecule has 0 saturated carbocycles. The summed E-state index contributed by atoms with van der Waals surface area (Å²) in [5.41, 5.74) is 13.8. The van der Waals surface area contributed by atoms with Gasteiger partial charge in [-0.25, -0.2) is 15.0 Å². The molecule has 3 aromatic heterocycles. The molecule has 7 nitrogen and oxygen atoms in total. The van der Waals surface area contributed by atoms with Crippen molar-refractivity contribution in [3.8, 4) is 22.7 Å². The lowest BCUT2D eigenvalue weighted by Gasteiger charge is -2.11. The van der Waals surface area contributed by atoms with Crippen LogP contribution in [0.1, 0.15) is 5.56 Å². The van der Waals surface area contributed by atoms with Gasteiger partial charge >= 0.3 is 0 Å². The first-order valence-corrected chi connectivity index (χ1v) is 7.89. The van der Waals surface area contributed by atoms with E-state index >= 15 is 0 Å². The fourth-order valence-corrected chi connectivity index (χ4v) is 2.48. The van der Waals surface area contributed by atoms with E-state index in [1.54, 1.807) is 36.7 Å². The van der Waals surface area contributed by atoms with E-state index in [-0.39, 0.29) is 11.7 Å². The molecule has 0 unspecified atom stereocenters. The molecule has 23 heavy (non-hydrogen) atoms. The summed E-state index contributed by atoms with van der Waals surface area (Å²) >= 11 is 1.44. The van der Waals surface area contributed by atoms with Crippen molar-refractivity contribution in [3.63, 3.8) is 0 Å². The smallest absolute Gasteiger partial charge is 0.187 e. The standard InChI is InChI=1S/C15H14N6OS/c1-23-15-19-5-4-10(20-15)8-7-9(13(16)17)14(18)21-12(8)11-3-2-6-22-11/h2-7H,1H3,(H3,16,17)(H2,18,21). The Morgan fingerprint density at radius 3 is 2.78 bits per heavy atom. The molecule has 0 fully saturated rings. The van der Waals surface area contributed by atoms with E-state index in [4.69, 9.17) is 21.3 Å². The van der Waals surface area contributed by atoms with Gasteiger partial charge < -0.3 is 15.9 Å². The molecule has 0 aliphatic rings. The number of aromatic nitrogens is 3. The van der Waals surface area contributed by atoms with Crippen molar-refractivity contribution in [3.05, 3.63) is 42.3 Å². The molecule has 3 heterocycles. The van der Waals surface area contributed by atoms with Crippen molar-refractivity contribution < 1.29 is 4.42 Å². The predicted molar refractivity (Wildman–Crippen MR) is 90.2 cm³/mol. The Morgan fingerprint density at radius 1 is 1.30 bits per heavy atom. The minimum absolute atomic E-state index is 0.151. The summed E-state index contributed by atoms with van der Waals surface area (Å²) in [7, 11) is 0. The molecule has 0 aromatic carbocycles. The predicted octanol–water partition coefficient (Wildman–Crippen LogP) is 2.39. The molecule has 0 aliphatic heterocycles. The zero-order valence-electron chi connectivity index (χ0n) is 12.3. The molecule has 116 valence electrons. The molecule has 0 saturated heterocycles. The van der Waals surface area contributed by atoms with Crippen molar-refractivity contribution in [1.29, 1.82) is 5.41 Å². The van der Waals surface area contributed by atoms with E-state index in [1.807, 2.05) is 6.26 Å². The Labute approximate surface area is 136 Å². The molecule has 0 atom stereocenters. The highest BCUT2D eigenvalue weighted by molar-refractivity contribution is 7.98. The lowest BCUT2D eigenvalue weighted by atomic mass is 10.0.